The molecule has 0 atom stereocenters. The van der Waals surface area contributed by atoms with Gasteiger partial charge in [-0.05, 0) is 19.9 Å². The highest BCUT2D eigenvalue weighted by Crippen LogP contribution is 2.15. The van der Waals surface area contributed by atoms with E-state index in [0.29, 0.717) is 16.8 Å². The first-order chi connectivity index (χ1) is 9.99. The van der Waals surface area contributed by atoms with Gasteiger partial charge in [0.2, 0.25) is 5.95 Å². The lowest BCUT2D eigenvalue weighted by Crippen LogP contribution is -2.15. The van der Waals surface area contributed by atoms with E-state index < -0.39 is 4.92 Å². The number of hydrogen-bond acceptors (Lipinski definition) is 6. The van der Waals surface area contributed by atoms with Crippen molar-refractivity contribution in [3.8, 4) is 0 Å². The standard InChI is InChI=1S/C13H13N5O3/c1-8-9(2)15-13(16-12(8)19)17-14-7-10-5-3-4-6-11(10)18(20)21/h3-7H,1-2H3,(H2,15,16,17,19)/b14-7-. The Hall–Kier alpha value is -3.03. The molecule has 0 spiro atoms. The fourth-order valence-corrected chi connectivity index (χ4v) is 1.62. The summed E-state index contributed by atoms with van der Waals surface area (Å²) in [5.74, 6) is 0.179. The van der Waals surface area contributed by atoms with Crippen LogP contribution in [-0.2, 0) is 0 Å². The average molecular weight is 287 g/mol. The molecule has 8 nitrogen and oxygen atoms in total. The Kier molecular flexibility index (Phi) is 4.07. The van der Waals surface area contributed by atoms with E-state index in [4.69, 9.17) is 0 Å². The van der Waals surface area contributed by atoms with Gasteiger partial charge in [-0.15, -0.1) is 0 Å². The van der Waals surface area contributed by atoms with Crippen LogP contribution in [0, 0.1) is 24.0 Å². The van der Waals surface area contributed by atoms with Crippen LogP contribution in [0.5, 0.6) is 0 Å². The third-order valence-electron chi connectivity index (χ3n) is 2.90. The van der Waals surface area contributed by atoms with Crippen LogP contribution in [0.25, 0.3) is 0 Å². The summed E-state index contributed by atoms with van der Waals surface area (Å²) in [4.78, 5) is 28.5. The normalized spacial score (nSPS) is 10.8. The number of nitrogens with zero attached hydrogens (tertiary/aromatic N) is 3. The summed E-state index contributed by atoms with van der Waals surface area (Å²) in [7, 11) is 0. The number of aromatic amines is 1. The van der Waals surface area contributed by atoms with Crippen molar-refractivity contribution in [3.63, 3.8) is 0 Å². The van der Waals surface area contributed by atoms with E-state index in [1.807, 2.05) is 0 Å². The van der Waals surface area contributed by atoms with E-state index in [9.17, 15) is 14.9 Å². The Balaban J connectivity index is 2.21. The second kappa shape index (κ2) is 5.95. The smallest absolute Gasteiger partial charge is 0.278 e. The molecule has 0 aliphatic rings. The number of rotatable bonds is 4. The number of hydrogen-bond donors (Lipinski definition) is 2. The Morgan fingerprint density at radius 3 is 2.76 bits per heavy atom. The zero-order valence-electron chi connectivity index (χ0n) is 11.5. The minimum absolute atomic E-state index is 0.0513. The molecule has 0 bridgehead atoms. The molecule has 2 N–H and O–H groups in total. The molecule has 0 aliphatic heterocycles. The summed E-state index contributed by atoms with van der Waals surface area (Å²) >= 11 is 0. The number of anilines is 1. The molecule has 0 radical (unpaired) electrons. The van der Waals surface area contributed by atoms with E-state index in [1.165, 1.54) is 12.3 Å². The van der Waals surface area contributed by atoms with E-state index in [2.05, 4.69) is 20.5 Å². The van der Waals surface area contributed by atoms with Gasteiger partial charge >= 0.3 is 0 Å². The fourth-order valence-electron chi connectivity index (χ4n) is 1.62. The molecule has 1 aromatic carbocycles. The largest absolute Gasteiger partial charge is 0.291 e. The van der Waals surface area contributed by atoms with E-state index in [-0.39, 0.29) is 17.2 Å². The predicted octanol–water partition coefficient (Wildman–Crippen LogP) is 1.74. The Morgan fingerprint density at radius 2 is 2.10 bits per heavy atom. The van der Waals surface area contributed by atoms with Gasteiger partial charge in [0, 0.05) is 17.3 Å². The van der Waals surface area contributed by atoms with Crippen LogP contribution in [0.15, 0.2) is 34.2 Å². The van der Waals surface area contributed by atoms with Gasteiger partial charge in [-0.25, -0.2) is 10.4 Å². The van der Waals surface area contributed by atoms with Gasteiger partial charge in [0.05, 0.1) is 16.7 Å². The number of H-pyrrole nitrogens is 1. The second-order valence-electron chi connectivity index (χ2n) is 4.31. The maximum atomic E-state index is 11.6. The lowest BCUT2D eigenvalue weighted by molar-refractivity contribution is -0.385. The molecule has 0 amide bonds. The van der Waals surface area contributed by atoms with Crippen LogP contribution >= 0.6 is 0 Å². The molecular formula is C13H13N5O3. The number of benzene rings is 1. The molecule has 1 aromatic heterocycles. The Bertz CT molecular complexity index is 767. The molecule has 108 valence electrons. The average Bonchev–Trinajstić information content (AvgIpc) is 2.45. The monoisotopic (exact) mass is 287 g/mol. The van der Waals surface area contributed by atoms with Crippen molar-refractivity contribution in [1.29, 1.82) is 0 Å². The molecule has 0 saturated heterocycles. The quantitative estimate of drug-likeness (QED) is 0.505. The molecule has 0 fully saturated rings. The van der Waals surface area contributed by atoms with Crippen LogP contribution in [0.1, 0.15) is 16.8 Å². The first kappa shape index (κ1) is 14.4. The third kappa shape index (κ3) is 3.30. The highest BCUT2D eigenvalue weighted by Gasteiger charge is 2.09. The highest BCUT2D eigenvalue weighted by atomic mass is 16.6. The summed E-state index contributed by atoms with van der Waals surface area (Å²) in [5, 5.41) is 14.7. The first-order valence-corrected chi connectivity index (χ1v) is 6.09. The van der Waals surface area contributed by atoms with Crippen molar-refractivity contribution in [1.82, 2.24) is 9.97 Å². The van der Waals surface area contributed by atoms with Crippen LogP contribution in [0.4, 0.5) is 11.6 Å². The number of hydrazone groups is 1. The minimum Gasteiger partial charge on any atom is -0.291 e. The minimum atomic E-state index is -0.489. The number of aromatic nitrogens is 2. The fraction of sp³-hybridized carbons (Fsp3) is 0.154. The molecule has 0 unspecified atom stereocenters. The van der Waals surface area contributed by atoms with Crippen LogP contribution in [-0.4, -0.2) is 21.1 Å². The highest BCUT2D eigenvalue weighted by molar-refractivity contribution is 5.85. The SMILES string of the molecule is Cc1nc(N/N=C\c2ccccc2[N+](=O)[O-])[nH]c(=O)c1C. The zero-order chi connectivity index (χ0) is 15.4. The van der Waals surface area contributed by atoms with E-state index >= 15 is 0 Å². The Morgan fingerprint density at radius 1 is 1.38 bits per heavy atom. The van der Waals surface area contributed by atoms with Gasteiger partial charge in [-0.3, -0.25) is 19.9 Å². The van der Waals surface area contributed by atoms with Crippen LogP contribution in [0.2, 0.25) is 0 Å². The van der Waals surface area contributed by atoms with Gasteiger partial charge in [-0.1, -0.05) is 12.1 Å². The molecule has 21 heavy (non-hydrogen) atoms. The summed E-state index contributed by atoms with van der Waals surface area (Å²) in [6.07, 6.45) is 1.30. The first-order valence-electron chi connectivity index (χ1n) is 6.09. The Labute approximate surface area is 119 Å². The topological polar surface area (TPSA) is 113 Å². The number of nitro groups is 1. The van der Waals surface area contributed by atoms with Crippen molar-refractivity contribution >= 4 is 17.9 Å². The van der Waals surface area contributed by atoms with E-state index in [1.54, 1.807) is 32.0 Å². The molecule has 2 rings (SSSR count). The predicted molar refractivity (Wildman–Crippen MR) is 78.6 cm³/mol. The van der Waals surface area contributed by atoms with Gasteiger partial charge in [-0.2, -0.15) is 5.10 Å². The summed E-state index contributed by atoms with van der Waals surface area (Å²) in [5.41, 5.74) is 3.70. The van der Waals surface area contributed by atoms with Crippen molar-refractivity contribution in [2.24, 2.45) is 5.10 Å². The molecule has 1 heterocycles. The molecular weight excluding hydrogens is 274 g/mol. The third-order valence-corrected chi connectivity index (χ3v) is 2.90. The molecule has 8 heteroatoms. The summed E-state index contributed by atoms with van der Waals surface area (Å²) < 4.78 is 0. The molecule has 0 saturated carbocycles. The number of aryl methyl sites for hydroxylation is 1. The molecule has 0 aliphatic carbocycles. The number of nitrogens with one attached hydrogen (secondary N) is 2. The number of nitro benzene ring substituents is 1. The molecule has 2 aromatic rings. The van der Waals surface area contributed by atoms with E-state index in [0.717, 1.165) is 0 Å². The lowest BCUT2D eigenvalue weighted by Gasteiger charge is -2.02. The van der Waals surface area contributed by atoms with Gasteiger partial charge in [0.1, 0.15) is 0 Å². The van der Waals surface area contributed by atoms with Crippen LogP contribution < -0.4 is 11.0 Å². The van der Waals surface area contributed by atoms with Gasteiger partial charge in [0.25, 0.3) is 11.2 Å². The maximum absolute atomic E-state index is 11.6. The van der Waals surface area contributed by atoms with Gasteiger partial charge < -0.3 is 0 Å². The zero-order valence-corrected chi connectivity index (χ0v) is 11.5. The van der Waals surface area contributed by atoms with Crippen molar-refractivity contribution in [2.75, 3.05) is 5.43 Å². The second-order valence-corrected chi connectivity index (χ2v) is 4.31. The van der Waals surface area contributed by atoms with Crippen molar-refractivity contribution in [2.45, 2.75) is 13.8 Å². The number of para-hydroxylation sites is 1. The lowest BCUT2D eigenvalue weighted by atomic mass is 10.2. The van der Waals surface area contributed by atoms with Gasteiger partial charge in [0.15, 0.2) is 0 Å². The summed E-state index contributed by atoms with van der Waals surface area (Å²) in [6.45, 7) is 3.38. The van der Waals surface area contributed by atoms with Crippen LogP contribution in [0.3, 0.4) is 0 Å². The summed E-state index contributed by atoms with van der Waals surface area (Å²) in [6, 6.07) is 6.20. The van der Waals surface area contributed by atoms with Crippen molar-refractivity contribution < 1.29 is 4.92 Å². The maximum Gasteiger partial charge on any atom is 0.278 e. The van der Waals surface area contributed by atoms with Crippen molar-refractivity contribution in [3.05, 3.63) is 61.6 Å².